The van der Waals surface area contributed by atoms with Crippen LogP contribution in [0.1, 0.15) is 40.9 Å². The van der Waals surface area contributed by atoms with Crippen molar-refractivity contribution in [1.82, 2.24) is 15.0 Å². The molecule has 1 atom stereocenters. The fourth-order valence-electron chi connectivity index (χ4n) is 4.14. The first-order valence-corrected chi connectivity index (χ1v) is 10.2. The summed E-state index contributed by atoms with van der Waals surface area (Å²) in [6.45, 7) is 2.54. The van der Waals surface area contributed by atoms with Gasteiger partial charge in [0.2, 0.25) is 5.91 Å². The molecule has 2 aromatic heterocycles. The molecule has 0 radical (unpaired) electrons. The molecule has 2 amide bonds. The first-order valence-electron chi connectivity index (χ1n) is 10.2. The number of carbonyl (C=O) groups excluding carboxylic acids is 2. The van der Waals surface area contributed by atoms with E-state index in [1.54, 1.807) is 11.8 Å². The molecule has 2 N–H and O–H groups in total. The van der Waals surface area contributed by atoms with Crippen molar-refractivity contribution < 1.29 is 27.3 Å². The van der Waals surface area contributed by atoms with Gasteiger partial charge in [0.1, 0.15) is 0 Å². The largest absolute Gasteiger partial charge is 0.416 e. The number of piperidine rings is 1. The van der Waals surface area contributed by atoms with Gasteiger partial charge in [-0.3, -0.25) is 9.59 Å². The predicted octanol–water partition coefficient (Wildman–Crippen LogP) is 3.94. The summed E-state index contributed by atoms with van der Waals surface area (Å²) in [5.41, 5.74) is 5.66. The third-order valence-corrected chi connectivity index (χ3v) is 5.63. The summed E-state index contributed by atoms with van der Waals surface area (Å²) in [6.07, 6.45) is -2.80. The molecule has 0 aliphatic carbocycles. The Labute approximate surface area is 181 Å². The zero-order valence-corrected chi connectivity index (χ0v) is 17.3. The van der Waals surface area contributed by atoms with Gasteiger partial charge in [0.15, 0.2) is 0 Å². The molecule has 10 heteroatoms. The first kappa shape index (κ1) is 21.8. The van der Waals surface area contributed by atoms with Crippen LogP contribution in [0, 0.1) is 12.8 Å². The number of pyridine rings is 1. The molecule has 32 heavy (non-hydrogen) atoms. The second-order valence-electron chi connectivity index (χ2n) is 8.01. The standard InChI is InChI=1S/C22H21F3N4O3/c1-12-19-16(21(31)29-7-3-4-13(11-29)8-18(26)30)10-17(27-20(19)32-28-12)14-5-2-6-15(9-14)22(23,24)25/h2,5-6,9-10,13H,3-4,7-8,11H2,1H3,(H2,26,30). The number of halogens is 3. The summed E-state index contributed by atoms with van der Waals surface area (Å²) in [7, 11) is 0. The van der Waals surface area contributed by atoms with E-state index >= 15 is 0 Å². The van der Waals surface area contributed by atoms with E-state index in [4.69, 9.17) is 10.3 Å². The van der Waals surface area contributed by atoms with E-state index in [0.717, 1.165) is 25.0 Å². The number of fused-ring (bicyclic) bond motifs is 1. The van der Waals surface area contributed by atoms with Crippen LogP contribution >= 0.6 is 0 Å². The fraction of sp³-hybridized carbons (Fsp3) is 0.364. The number of nitrogens with zero attached hydrogens (tertiary/aromatic N) is 3. The van der Waals surface area contributed by atoms with Gasteiger partial charge in [0, 0.05) is 25.1 Å². The Balaban J connectivity index is 1.75. The highest BCUT2D eigenvalue weighted by molar-refractivity contribution is 6.07. The number of nitrogens with two attached hydrogens (primary N) is 1. The molecule has 1 saturated heterocycles. The number of hydrogen-bond donors (Lipinski definition) is 1. The summed E-state index contributed by atoms with van der Waals surface area (Å²) in [5.74, 6) is -0.766. The van der Waals surface area contributed by atoms with Crippen LogP contribution < -0.4 is 5.73 Å². The van der Waals surface area contributed by atoms with Gasteiger partial charge in [0.25, 0.3) is 11.6 Å². The minimum atomic E-state index is -4.51. The van der Waals surface area contributed by atoms with E-state index in [1.165, 1.54) is 18.2 Å². The highest BCUT2D eigenvalue weighted by atomic mass is 19.4. The van der Waals surface area contributed by atoms with Gasteiger partial charge in [-0.15, -0.1) is 0 Å². The molecule has 3 heterocycles. The molecular weight excluding hydrogens is 425 g/mol. The first-order chi connectivity index (χ1) is 15.1. The molecule has 3 aromatic rings. The van der Waals surface area contributed by atoms with Crippen LogP contribution in [0.25, 0.3) is 22.4 Å². The normalized spacial score (nSPS) is 17.0. The molecular formula is C22H21F3N4O3. The van der Waals surface area contributed by atoms with Crippen LogP contribution in [0.15, 0.2) is 34.9 Å². The molecule has 1 fully saturated rings. The van der Waals surface area contributed by atoms with E-state index < -0.39 is 17.6 Å². The molecule has 1 unspecified atom stereocenters. The van der Waals surface area contributed by atoms with Gasteiger partial charge in [-0.05, 0) is 43.9 Å². The summed E-state index contributed by atoms with van der Waals surface area (Å²) in [6, 6.07) is 6.21. The Kier molecular flexibility index (Phi) is 5.62. The highest BCUT2D eigenvalue weighted by Gasteiger charge is 2.31. The van der Waals surface area contributed by atoms with Gasteiger partial charge in [-0.25, -0.2) is 4.98 Å². The lowest BCUT2D eigenvalue weighted by molar-refractivity contribution is -0.137. The van der Waals surface area contributed by atoms with Gasteiger partial charge < -0.3 is 15.2 Å². The van der Waals surface area contributed by atoms with E-state index in [1.807, 2.05) is 0 Å². The molecule has 0 spiro atoms. The molecule has 1 aromatic carbocycles. The molecule has 168 valence electrons. The maximum atomic E-state index is 13.4. The Morgan fingerprint density at radius 1 is 1.28 bits per heavy atom. The number of amides is 2. The van der Waals surface area contributed by atoms with E-state index in [0.29, 0.717) is 24.2 Å². The smallest absolute Gasteiger partial charge is 0.370 e. The van der Waals surface area contributed by atoms with Gasteiger partial charge in [-0.2, -0.15) is 13.2 Å². The number of carbonyl (C=O) groups is 2. The van der Waals surface area contributed by atoms with Crippen molar-refractivity contribution in [3.05, 3.63) is 47.2 Å². The molecule has 1 aliphatic rings. The fourth-order valence-corrected chi connectivity index (χ4v) is 4.14. The van der Waals surface area contributed by atoms with Crippen molar-refractivity contribution in [2.24, 2.45) is 11.7 Å². The maximum Gasteiger partial charge on any atom is 0.416 e. The van der Waals surface area contributed by atoms with Crippen LogP contribution in [0.2, 0.25) is 0 Å². The van der Waals surface area contributed by atoms with Crippen molar-refractivity contribution in [3.8, 4) is 11.3 Å². The van der Waals surface area contributed by atoms with E-state index in [9.17, 15) is 22.8 Å². The highest BCUT2D eigenvalue weighted by Crippen LogP contribution is 2.34. The van der Waals surface area contributed by atoms with Crippen LogP contribution in [0.4, 0.5) is 13.2 Å². The molecule has 0 saturated carbocycles. The zero-order chi connectivity index (χ0) is 23.0. The maximum absolute atomic E-state index is 13.4. The van der Waals surface area contributed by atoms with Gasteiger partial charge in [0.05, 0.1) is 27.9 Å². The third-order valence-electron chi connectivity index (χ3n) is 5.63. The second-order valence-corrected chi connectivity index (χ2v) is 8.01. The monoisotopic (exact) mass is 446 g/mol. The number of primary amides is 1. The Hall–Kier alpha value is -3.43. The van der Waals surface area contributed by atoms with Crippen LogP contribution in [-0.4, -0.2) is 39.9 Å². The Morgan fingerprint density at radius 3 is 2.78 bits per heavy atom. The number of aryl methyl sites for hydroxylation is 1. The Bertz CT molecular complexity index is 1190. The number of rotatable bonds is 4. The predicted molar refractivity (Wildman–Crippen MR) is 109 cm³/mol. The van der Waals surface area contributed by atoms with Crippen LogP contribution in [-0.2, 0) is 11.0 Å². The number of alkyl halides is 3. The number of aromatic nitrogens is 2. The lowest BCUT2D eigenvalue weighted by atomic mass is 9.93. The average molecular weight is 446 g/mol. The van der Waals surface area contributed by atoms with E-state index in [2.05, 4.69) is 10.1 Å². The summed E-state index contributed by atoms with van der Waals surface area (Å²) in [5, 5.41) is 4.30. The summed E-state index contributed by atoms with van der Waals surface area (Å²) >= 11 is 0. The molecule has 1 aliphatic heterocycles. The molecule has 4 rings (SSSR count). The van der Waals surface area contributed by atoms with Gasteiger partial charge >= 0.3 is 6.18 Å². The average Bonchev–Trinajstić information content (AvgIpc) is 3.12. The lowest BCUT2D eigenvalue weighted by Gasteiger charge is -2.32. The number of benzene rings is 1. The summed E-state index contributed by atoms with van der Waals surface area (Å²) in [4.78, 5) is 30.7. The van der Waals surface area contributed by atoms with Gasteiger partial charge in [-0.1, -0.05) is 17.3 Å². The zero-order valence-electron chi connectivity index (χ0n) is 17.3. The van der Waals surface area contributed by atoms with Crippen molar-refractivity contribution >= 4 is 22.9 Å². The quantitative estimate of drug-likeness (QED) is 0.654. The van der Waals surface area contributed by atoms with Crippen molar-refractivity contribution in [2.45, 2.75) is 32.4 Å². The van der Waals surface area contributed by atoms with Crippen molar-refractivity contribution in [3.63, 3.8) is 0 Å². The second kappa shape index (κ2) is 8.25. The lowest BCUT2D eigenvalue weighted by Crippen LogP contribution is -2.41. The minimum Gasteiger partial charge on any atom is -0.370 e. The summed E-state index contributed by atoms with van der Waals surface area (Å²) < 4.78 is 44.8. The third kappa shape index (κ3) is 4.30. The number of hydrogen-bond acceptors (Lipinski definition) is 5. The Morgan fingerprint density at radius 2 is 2.06 bits per heavy atom. The minimum absolute atomic E-state index is 0.0333. The van der Waals surface area contributed by atoms with Crippen molar-refractivity contribution in [1.29, 1.82) is 0 Å². The topological polar surface area (TPSA) is 102 Å². The van der Waals surface area contributed by atoms with Crippen molar-refractivity contribution in [2.75, 3.05) is 13.1 Å². The molecule has 0 bridgehead atoms. The van der Waals surface area contributed by atoms with E-state index in [-0.39, 0.29) is 40.8 Å². The SMILES string of the molecule is Cc1noc2nc(-c3cccc(C(F)(F)F)c3)cc(C(=O)N3CCCC(CC(N)=O)C3)c12. The van der Waals surface area contributed by atoms with Crippen LogP contribution in [0.5, 0.6) is 0 Å². The molecule has 7 nitrogen and oxygen atoms in total. The van der Waals surface area contributed by atoms with Crippen LogP contribution in [0.3, 0.4) is 0 Å². The number of likely N-dealkylation sites (tertiary alicyclic amines) is 1.